The molecule has 2 rings (SSSR count). The van der Waals surface area contributed by atoms with Crippen LogP contribution in [-0.4, -0.2) is 14.7 Å². The maximum absolute atomic E-state index is 9.19. The average molecular weight is 194 g/mol. The van der Waals surface area contributed by atoms with Crippen LogP contribution in [0, 0.1) is 6.92 Å². The Hall–Kier alpha value is -0.830. The summed E-state index contributed by atoms with van der Waals surface area (Å²) < 4.78 is 2.07. The Morgan fingerprint density at radius 1 is 1.43 bits per heavy atom. The fraction of sp³-hybridized carbons (Fsp3) is 0.727. The van der Waals surface area contributed by atoms with E-state index in [4.69, 9.17) is 0 Å². The first-order chi connectivity index (χ1) is 6.74. The van der Waals surface area contributed by atoms with E-state index in [2.05, 4.69) is 9.55 Å². The normalized spacial score (nSPS) is 17.9. The Morgan fingerprint density at radius 3 is 2.57 bits per heavy atom. The van der Waals surface area contributed by atoms with Crippen molar-refractivity contribution in [2.75, 3.05) is 0 Å². The molecule has 0 saturated heterocycles. The first-order valence-corrected chi connectivity index (χ1v) is 5.37. The van der Waals surface area contributed by atoms with Crippen LogP contribution >= 0.6 is 0 Å². The summed E-state index contributed by atoms with van der Waals surface area (Å²) in [6.07, 6.45) is 5.17. The largest absolute Gasteiger partial charge is 0.390 e. The lowest BCUT2D eigenvalue weighted by atomic mass is 10.1. The van der Waals surface area contributed by atoms with Gasteiger partial charge in [-0.1, -0.05) is 12.8 Å². The van der Waals surface area contributed by atoms with Crippen molar-refractivity contribution >= 4 is 0 Å². The Bertz CT molecular complexity index is 324. The van der Waals surface area contributed by atoms with E-state index >= 15 is 0 Å². The third kappa shape index (κ3) is 1.46. The molecule has 0 bridgehead atoms. The molecule has 0 unspecified atom stereocenters. The molecule has 3 heteroatoms. The second-order valence-electron chi connectivity index (χ2n) is 4.20. The fourth-order valence-electron chi connectivity index (χ4n) is 2.46. The van der Waals surface area contributed by atoms with Gasteiger partial charge in [-0.25, -0.2) is 4.98 Å². The number of hydrogen-bond acceptors (Lipinski definition) is 2. The zero-order chi connectivity index (χ0) is 10.1. The number of aryl methyl sites for hydroxylation is 1. The quantitative estimate of drug-likeness (QED) is 0.780. The highest BCUT2D eigenvalue weighted by atomic mass is 16.3. The van der Waals surface area contributed by atoms with Crippen molar-refractivity contribution < 1.29 is 5.11 Å². The van der Waals surface area contributed by atoms with Crippen molar-refractivity contribution in [1.82, 2.24) is 9.55 Å². The molecule has 3 nitrogen and oxygen atoms in total. The van der Waals surface area contributed by atoms with E-state index < -0.39 is 0 Å². The molecule has 1 saturated carbocycles. The number of hydrogen-bond donors (Lipinski definition) is 1. The van der Waals surface area contributed by atoms with E-state index in [0.717, 1.165) is 11.4 Å². The number of aliphatic hydroxyl groups is 1. The van der Waals surface area contributed by atoms with Crippen molar-refractivity contribution in [1.29, 1.82) is 0 Å². The summed E-state index contributed by atoms with van der Waals surface area (Å²) in [4.78, 5) is 4.57. The van der Waals surface area contributed by atoms with Gasteiger partial charge in [0, 0.05) is 13.0 Å². The second-order valence-corrected chi connectivity index (χ2v) is 4.20. The summed E-state index contributed by atoms with van der Waals surface area (Å²) >= 11 is 0. The zero-order valence-corrected chi connectivity index (χ0v) is 8.95. The van der Waals surface area contributed by atoms with E-state index in [9.17, 15) is 5.11 Å². The van der Waals surface area contributed by atoms with Gasteiger partial charge in [-0.15, -0.1) is 0 Å². The number of aromatic nitrogens is 2. The van der Waals surface area contributed by atoms with Crippen LogP contribution in [0.2, 0.25) is 0 Å². The summed E-state index contributed by atoms with van der Waals surface area (Å²) in [5.41, 5.74) is 1.95. The van der Waals surface area contributed by atoms with Gasteiger partial charge in [-0.2, -0.15) is 0 Å². The maximum atomic E-state index is 9.19. The lowest BCUT2D eigenvalue weighted by molar-refractivity contribution is 0.271. The topological polar surface area (TPSA) is 38.0 Å². The highest BCUT2D eigenvalue weighted by Crippen LogP contribution is 2.33. The van der Waals surface area contributed by atoms with Crippen LogP contribution in [0.4, 0.5) is 0 Å². The van der Waals surface area contributed by atoms with Gasteiger partial charge in [0.1, 0.15) is 5.82 Å². The summed E-state index contributed by atoms with van der Waals surface area (Å²) in [5, 5.41) is 9.19. The molecule has 1 N–H and O–H groups in total. The highest BCUT2D eigenvalue weighted by molar-refractivity contribution is 5.17. The summed E-state index contributed by atoms with van der Waals surface area (Å²) in [7, 11) is 2.01. The zero-order valence-electron chi connectivity index (χ0n) is 8.95. The maximum Gasteiger partial charge on any atom is 0.112 e. The van der Waals surface area contributed by atoms with Gasteiger partial charge in [-0.05, 0) is 19.8 Å². The summed E-state index contributed by atoms with van der Waals surface area (Å²) in [6, 6.07) is 0. The number of rotatable bonds is 2. The third-order valence-electron chi connectivity index (χ3n) is 3.32. The average Bonchev–Trinajstić information content (AvgIpc) is 2.74. The molecule has 14 heavy (non-hydrogen) atoms. The van der Waals surface area contributed by atoms with Crippen LogP contribution in [0.25, 0.3) is 0 Å². The van der Waals surface area contributed by atoms with Gasteiger partial charge in [0.25, 0.3) is 0 Å². The van der Waals surface area contributed by atoms with Gasteiger partial charge in [0.05, 0.1) is 18.0 Å². The molecule has 0 aromatic carbocycles. The standard InChI is InChI=1S/C11H18N2O/c1-8-10(7-14)13(2)11(12-8)9-5-3-4-6-9/h9,14H,3-7H2,1-2H3. The molecule has 1 aliphatic rings. The van der Waals surface area contributed by atoms with Gasteiger partial charge >= 0.3 is 0 Å². The van der Waals surface area contributed by atoms with E-state index in [0.29, 0.717) is 5.92 Å². The Kier molecular flexibility index (Phi) is 2.59. The highest BCUT2D eigenvalue weighted by Gasteiger charge is 2.23. The second kappa shape index (κ2) is 3.73. The predicted octanol–water partition coefficient (Wildman–Crippen LogP) is 1.88. The van der Waals surface area contributed by atoms with Gasteiger partial charge < -0.3 is 9.67 Å². The van der Waals surface area contributed by atoms with Crippen molar-refractivity contribution in [2.45, 2.75) is 45.1 Å². The SMILES string of the molecule is Cc1nc(C2CCCC2)n(C)c1CO. The van der Waals surface area contributed by atoms with Crippen LogP contribution in [0.1, 0.15) is 48.8 Å². The number of aliphatic hydroxyl groups excluding tert-OH is 1. The van der Waals surface area contributed by atoms with Crippen molar-refractivity contribution in [3.05, 3.63) is 17.2 Å². The Morgan fingerprint density at radius 2 is 2.07 bits per heavy atom. The lowest BCUT2D eigenvalue weighted by Gasteiger charge is -2.09. The molecule has 0 atom stereocenters. The Labute approximate surface area is 84.8 Å². The van der Waals surface area contributed by atoms with Crippen LogP contribution < -0.4 is 0 Å². The summed E-state index contributed by atoms with van der Waals surface area (Å²) in [5.74, 6) is 1.79. The lowest BCUT2D eigenvalue weighted by Crippen LogP contribution is -2.05. The molecule has 1 aliphatic carbocycles. The van der Waals surface area contributed by atoms with Crippen LogP contribution in [-0.2, 0) is 13.7 Å². The minimum atomic E-state index is 0.0993. The van der Waals surface area contributed by atoms with E-state index in [1.807, 2.05) is 14.0 Å². The monoisotopic (exact) mass is 194 g/mol. The van der Waals surface area contributed by atoms with Crippen molar-refractivity contribution in [3.63, 3.8) is 0 Å². The van der Waals surface area contributed by atoms with E-state index in [-0.39, 0.29) is 6.61 Å². The van der Waals surface area contributed by atoms with Gasteiger partial charge in [-0.3, -0.25) is 0 Å². The van der Waals surface area contributed by atoms with Gasteiger partial charge in [0.2, 0.25) is 0 Å². The first kappa shape index (κ1) is 9.71. The Balaban J connectivity index is 2.33. The predicted molar refractivity (Wildman–Crippen MR) is 55.1 cm³/mol. The van der Waals surface area contributed by atoms with E-state index in [1.165, 1.54) is 31.5 Å². The fourth-order valence-corrected chi connectivity index (χ4v) is 2.46. The minimum Gasteiger partial charge on any atom is -0.390 e. The van der Waals surface area contributed by atoms with Gasteiger partial charge in [0.15, 0.2) is 0 Å². The molecular formula is C11H18N2O. The number of nitrogens with zero attached hydrogens (tertiary/aromatic N) is 2. The molecular weight excluding hydrogens is 176 g/mol. The first-order valence-electron chi connectivity index (χ1n) is 5.37. The van der Waals surface area contributed by atoms with Crippen molar-refractivity contribution in [2.24, 2.45) is 7.05 Å². The third-order valence-corrected chi connectivity index (χ3v) is 3.32. The van der Waals surface area contributed by atoms with Crippen molar-refractivity contribution in [3.8, 4) is 0 Å². The minimum absolute atomic E-state index is 0.0993. The van der Waals surface area contributed by atoms with Crippen LogP contribution in [0.15, 0.2) is 0 Å². The molecule has 78 valence electrons. The molecule has 1 aromatic rings. The van der Waals surface area contributed by atoms with E-state index in [1.54, 1.807) is 0 Å². The summed E-state index contributed by atoms with van der Waals surface area (Å²) in [6.45, 7) is 2.08. The smallest absolute Gasteiger partial charge is 0.112 e. The molecule has 1 heterocycles. The molecule has 1 aromatic heterocycles. The molecule has 0 aliphatic heterocycles. The number of imidazole rings is 1. The molecule has 0 radical (unpaired) electrons. The molecule has 0 spiro atoms. The van der Waals surface area contributed by atoms with Crippen LogP contribution in [0.5, 0.6) is 0 Å². The molecule has 0 amide bonds. The van der Waals surface area contributed by atoms with Crippen LogP contribution in [0.3, 0.4) is 0 Å². The molecule has 1 fully saturated rings.